The molecule has 0 aliphatic rings. The molecule has 2 N–H and O–H groups in total. The molecule has 0 unspecified atom stereocenters. The Balaban J connectivity index is 2.33. The van der Waals surface area contributed by atoms with E-state index in [0.29, 0.717) is 18.5 Å². The summed E-state index contributed by atoms with van der Waals surface area (Å²) in [5.74, 6) is -1.32. The molecular formula is C12H16F2N2O. The van der Waals surface area contributed by atoms with E-state index in [4.69, 9.17) is 0 Å². The Kier molecular flexibility index (Phi) is 5.56. The maximum Gasteiger partial charge on any atom is 0.233 e. The van der Waals surface area contributed by atoms with Gasteiger partial charge < -0.3 is 10.6 Å². The van der Waals surface area contributed by atoms with Gasteiger partial charge in [0.05, 0.1) is 6.54 Å². The van der Waals surface area contributed by atoms with Crippen LogP contribution in [0, 0.1) is 11.6 Å². The quantitative estimate of drug-likeness (QED) is 0.788. The lowest BCUT2D eigenvalue weighted by molar-refractivity contribution is -0.120. The second-order valence-corrected chi connectivity index (χ2v) is 3.66. The van der Waals surface area contributed by atoms with E-state index < -0.39 is 11.6 Å². The fourth-order valence-corrected chi connectivity index (χ4v) is 1.40. The van der Waals surface area contributed by atoms with Crippen LogP contribution in [0.2, 0.25) is 0 Å². The number of benzene rings is 1. The normalized spacial score (nSPS) is 10.3. The van der Waals surface area contributed by atoms with Crippen molar-refractivity contribution < 1.29 is 13.6 Å². The van der Waals surface area contributed by atoms with Crippen LogP contribution in [-0.2, 0) is 11.2 Å². The Morgan fingerprint density at radius 2 is 1.88 bits per heavy atom. The maximum absolute atomic E-state index is 12.8. The zero-order valence-electron chi connectivity index (χ0n) is 9.72. The van der Waals surface area contributed by atoms with E-state index in [9.17, 15) is 13.6 Å². The van der Waals surface area contributed by atoms with E-state index in [1.165, 1.54) is 12.1 Å². The van der Waals surface area contributed by atoms with Gasteiger partial charge in [-0.2, -0.15) is 0 Å². The van der Waals surface area contributed by atoms with Crippen LogP contribution in [0.25, 0.3) is 0 Å². The lowest BCUT2D eigenvalue weighted by Gasteiger charge is -2.06. The predicted molar refractivity (Wildman–Crippen MR) is 61.6 cm³/mol. The monoisotopic (exact) mass is 242 g/mol. The average molecular weight is 242 g/mol. The van der Waals surface area contributed by atoms with Crippen molar-refractivity contribution >= 4 is 5.91 Å². The van der Waals surface area contributed by atoms with E-state index in [-0.39, 0.29) is 12.5 Å². The molecule has 3 nitrogen and oxygen atoms in total. The van der Waals surface area contributed by atoms with Gasteiger partial charge in [0.1, 0.15) is 11.6 Å². The summed E-state index contributed by atoms with van der Waals surface area (Å²) in [5, 5.41) is 5.54. The van der Waals surface area contributed by atoms with E-state index >= 15 is 0 Å². The van der Waals surface area contributed by atoms with Crippen molar-refractivity contribution in [2.24, 2.45) is 0 Å². The molecular weight excluding hydrogens is 226 g/mol. The van der Waals surface area contributed by atoms with Gasteiger partial charge in [-0.25, -0.2) is 8.78 Å². The van der Waals surface area contributed by atoms with Crippen molar-refractivity contribution in [2.75, 3.05) is 19.6 Å². The van der Waals surface area contributed by atoms with Crippen molar-refractivity contribution in [3.05, 3.63) is 35.4 Å². The molecule has 0 fully saturated rings. The van der Waals surface area contributed by atoms with Crippen LogP contribution < -0.4 is 10.6 Å². The van der Waals surface area contributed by atoms with Crippen molar-refractivity contribution in [2.45, 2.75) is 13.3 Å². The minimum Gasteiger partial charge on any atom is -0.355 e. The highest BCUT2D eigenvalue weighted by molar-refractivity contribution is 5.77. The first-order chi connectivity index (χ1) is 8.11. The fourth-order valence-electron chi connectivity index (χ4n) is 1.40. The number of halogens is 2. The molecule has 0 saturated carbocycles. The molecule has 0 aliphatic carbocycles. The smallest absolute Gasteiger partial charge is 0.233 e. The van der Waals surface area contributed by atoms with Crippen LogP contribution in [0.5, 0.6) is 0 Å². The third kappa shape index (κ3) is 5.40. The van der Waals surface area contributed by atoms with Gasteiger partial charge in [-0.1, -0.05) is 6.92 Å². The third-order valence-electron chi connectivity index (χ3n) is 2.19. The maximum atomic E-state index is 12.8. The zero-order valence-corrected chi connectivity index (χ0v) is 9.72. The molecule has 94 valence electrons. The zero-order chi connectivity index (χ0) is 12.7. The summed E-state index contributed by atoms with van der Waals surface area (Å²) in [6.07, 6.45) is 0.409. The van der Waals surface area contributed by atoms with Crippen LogP contribution in [0.1, 0.15) is 12.5 Å². The molecule has 0 bridgehead atoms. The molecule has 0 atom stereocenters. The molecule has 0 aliphatic heterocycles. The number of hydrogen-bond donors (Lipinski definition) is 2. The SMILES string of the molecule is CCNCC(=O)NCCc1cc(F)cc(F)c1. The van der Waals surface area contributed by atoms with E-state index in [1.54, 1.807) is 0 Å². The molecule has 0 saturated heterocycles. The first-order valence-electron chi connectivity index (χ1n) is 5.54. The molecule has 0 spiro atoms. The summed E-state index contributed by atoms with van der Waals surface area (Å²) in [4.78, 5) is 11.2. The number of carbonyl (C=O) groups excluding carboxylic acids is 1. The highest BCUT2D eigenvalue weighted by Gasteiger charge is 2.02. The minimum atomic E-state index is -0.598. The Hall–Kier alpha value is -1.49. The molecule has 1 aromatic carbocycles. The van der Waals surface area contributed by atoms with Gasteiger partial charge in [-0.15, -0.1) is 0 Å². The summed E-state index contributed by atoms with van der Waals surface area (Å²) in [6.45, 7) is 3.26. The summed E-state index contributed by atoms with van der Waals surface area (Å²) >= 11 is 0. The van der Waals surface area contributed by atoms with Crippen LogP contribution in [0.3, 0.4) is 0 Å². The minimum absolute atomic E-state index is 0.122. The number of nitrogens with one attached hydrogen (secondary N) is 2. The summed E-state index contributed by atoms with van der Waals surface area (Å²) < 4.78 is 25.7. The Labute approximate surface area is 99.2 Å². The predicted octanol–water partition coefficient (Wildman–Crippen LogP) is 1.23. The number of carbonyl (C=O) groups is 1. The highest BCUT2D eigenvalue weighted by Crippen LogP contribution is 2.07. The lowest BCUT2D eigenvalue weighted by atomic mass is 10.1. The molecule has 0 radical (unpaired) electrons. The third-order valence-corrected chi connectivity index (χ3v) is 2.19. The van der Waals surface area contributed by atoms with E-state index in [0.717, 1.165) is 12.6 Å². The molecule has 1 rings (SSSR count). The molecule has 1 aromatic rings. The van der Waals surface area contributed by atoms with Crippen molar-refractivity contribution in [1.82, 2.24) is 10.6 Å². The van der Waals surface area contributed by atoms with Gasteiger partial charge in [0, 0.05) is 12.6 Å². The first-order valence-corrected chi connectivity index (χ1v) is 5.54. The topological polar surface area (TPSA) is 41.1 Å². The first kappa shape index (κ1) is 13.6. The second kappa shape index (κ2) is 6.96. The number of amides is 1. The molecule has 17 heavy (non-hydrogen) atoms. The average Bonchev–Trinajstić information content (AvgIpc) is 2.25. The van der Waals surface area contributed by atoms with Crippen LogP contribution in [0.4, 0.5) is 8.78 Å². The van der Waals surface area contributed by atoms with Gasteiger partial charge in [-0.05, 0) is 30.7 Å². The van der Waals surface area contributed by atoms with E-state index in [2.05, 4.69) is 10.6 Å². The Bertz CT molecular complexity index is 363. The van der Waals surface area contributed by atoms with Gasteiger partial charge in [0.25, 0.3) is 0 Å². The van der Waals surface area contributed by atoms with Crippen molar-refractivity contribution in [1.29, 1.82) is 0 Å². The Morgan fingerprint density at radius 1 is 1.24 bits per heavy atom. The summed E-state index contributed by atoms with van der Waals surface area (Å²) in [6, 6.07) is 3.35. The van der Waals surface area contributed by atoms with Crippen molar-refractivity contribution in [3.8, 4) is 0 Å². The van der Waals surface area contributed by atoms with Gasteiger partial charge in [-0.3, -0.25) is 4.79 Å². The standard InChI is InChI=1S/C12H16F2N2O/c1-2-15-8-12(17)16-4-3-9-5-10(13)7-11(14)6-9/h5-7,15H,2-4,8H2,1H3,(H,16,17). The lowest BCUT2D eigenvalue weighted by Crippen LogP contribution is -2.34. The van der Waals surface area contributed by atoms with Gasteiger partial charge in [0.2, 0.25) is 5.91 Å². The second-order valence-electron chi connectivity index (χ2n) is 3.66. The summed E-state index contributed by atoms with van der Waals surface area (Å²) in [5.41, 5.74) is 0.534. The van der Waals surface area contributed by atoms with Crippen LogP contribution >= 0.6 is 0 Å². The number of rotatable bonds is 6. The van der Waals surface area contributed by atoms with Gasteiger partial charge in [0.15, 0.2) is 0 Å². The van der Waals surface area contributed by atoms with E-state index in [1.807, 2.05) is 6.92 Å². The summed E-state index contributed by atoms with van der Waals surface area (Å²) in [7, 11) is 0. The van der Waals surface area contributed by atoms with Crippen molar-refractivity contribution in [3.63, 3.8) is 0 Å². The van der Waals surface area contributed by atoms with Gasteiger partial charge >= 0.3 is 0 Å². The van der Waals surface area contributed by atoms with Crippen LogP contribution in [-0.4, -0.2) is 25.5 Å². The van der Waals surface area contributed by atoms with Crippen LogP contribution in [0.15, 0.2) is 18.2 Å². The Morgan fingerprint density at radius 3 is 2.47 bits per heavy atom. The fraction of sp³-hybridized carbons (Fsp3) is 0.417. The number of likely N-dealkylation sites (N-methyl/N-ethyl adjacent to an activating group) is 1. The largest absolute Gasteiger partial charge is 0.355 e. The molecule has 1 amide bonds. The molecule has 0 heterocycles. The molecule has 5 heteroatoms. The molecule has 0 aromatic heterocycles. The highest BCUT2D eigenvalue weighted by atomic mass is 19.1. The number of hydrogen-bond acceptors (Lipinski definition) is 2.